The molecule has 0 spiro atoms. The van der Waals surface area contributed by atoms with Crippen molar-refractivity contribution in [3.63, 3.8) is 0 Å². The van der Waals surface area contributed by atoms with Crippen molar-refractivity contribution < 1.29 is 14.3 Å². The van der Waals surface area contributed by atoms with Crippen molar-refractivity contribution >= 4 is 28.6 Å². The minimum absolute atomic E-state index is 0.391. The van der Waals surface area contributed by atoms with E-state index in [9.17, 15) is 4.79 Å². The molecule has 0 unspecified atom stereocenters. The van der Waals surface area contributed by atoms with Gasteiger partial charge >= 0.3 is 5.97 Å². The summed E-state index contributed by atoms with van der Waals surface area (Å²) in [6.07, 6.45) is 3.40. The maximum Gasteiger partial charge on any atom is 0.338 e. The number of hydrogen-bond acceptors (Lipinski definition) is 7. The van der Waals surface area contributed by atoms with E-state index in [-0.39, 0.29) is 0 Å². The lowest BCUT2D eigenvalue weighted by Crippen LogP contribution is -2.03. The summed E-state index contributed by atoms with van der Waals surface area (Å²) in [6.45, 7) is 1.88. The van der Waals surface area contributed by atoms with Crippen LogP contribution in [0.25, 0.3) is 10.9 Å². The second-order valence-corrected chi connectivity index (χ2v) is 5.96. The summed E-state index contributed by atoms with van der Waals surface area (Å²) in [5, 5.41) is 1.28. The monoisotopic (exact) mass is 341 g/mol. The van der Waals surface area contributed by atoms with Gasteiger partial charge in [0.25, 0.3) is 0 Å². The molecular formula is C17H15N3O3S. The van der Waals surface area contributed by atoms with Crippen LogP contribution < -0.4 is 4.74 Å². The number of carbonyl (C=O) groups excluding carboxylic acids is 1. The van der Waals surface area contributed by atoms with Gasteiger partial charge in [0.05, 0.1) is 25.3 Å². The molecule has 1 aromatic carbocycles. The van der Waals surface area contributed by atoms with Gasteiger partial charge in [0.15, 0.2) is 5.16 Å². The van der Waals surface area contributed by atoms with Crippen molar-refractivity contribution in [2.45, 2.75) is 17.0 Å². The van der Waals surface area contributed by atoms with Crippen LogP contribution in [-0.2, 0) is 4.74 Å². The van der Waals surface area contributed by atoms with Gasteiger partial charge in [-0.1, -0.05) is 6.07 Å². The van der Waals surface area contributed by atoms with E-state index in [0.29, 0.717) is 22.1 Å². The SMILES string of the molecule is COC(=O)c1ccc(Sc2ncc(C)c(OC)n2)c2ncccc12. The fraction of sp³-hybridized carbons (Fsp3) is 0.176. The highest BCUT2D eigenvalue weighted by molar-refractivity contribution is 7.99. The Labute approximate surface area is 143 Å². The second kappa shape index (κ2) is 6.84. The van der Waals surface area contributed by atoms with Crippen molar-refractivity contribution in [3.8, 4) is 5.88 Å². The normalized spacial score (nSPS) is 10.6. The zero-order valence-electron chi connectivity index (χ0n) is 13.4. The van der Waals surface area contributed by atoms with Gasteiger partial charge in [-0.25, -0.2) is 9.78 Å². The first-order chi connectivity index (χ1) is 11.6. The first-order valence-corrected chi connectivity index (χ1v) is 7.97. The van der Waals surface area contributed by atoms with Gasteiger partial charge in [0.2, 0.25) is 5.88 Å². The van der Waals surface area contributed by atoms with Crippen molar-refractivity contribution in [2.75, 3.05) is 14.2 Å². The Balaban J connectivity index is 2.06. The highest BCUT2D eigenvalue weighted by atomic mass is 32.2. The summed E-state index contributed by atoms with van der Waals surface area (Å²) in [4.78, 5) is 25.9. The molecule has 0 aliphatic heterocycles. The van der Waals surface area contributed by atoms with Crippen LogP contribution in [0.3, 0.4) is 0 Å². The maximum atomic E-state index is 11.9. The zero-order valence-corrected chi connectivity index (χ0v) is 14.3. The Bertz CT molecular complexity index is 915. The molecule has 0 saturated heterocycles. The zero-order chi connectivity index (χ0) is 17.1. The Morgan fingerprint density at radius 2 is 2.00 bits per heavy atom. The number of aryl methyl sites for hydroxylation is 1. The van der Waals surface area contributed by atoms with Gasteiger partial charge in [0, 0.05) is 28.2 Å². The molecule has 0 N–H and O–H groups in total. The molecule has 6 nitrogen and oxygen atoms in total. The predicted octanol–water partition coefficient (Wildman–Crippen LogP) is 3.28. The van der Waals surface area contributed by atoms with Gasteiger partial charge in [-0.3, -0.25) is 4.98 Å². The third kappa shape index (κ3) is 3.03. The molecule has 24 heavy (non-hydrogen) atoms. The number of esters is 1. The van der Waals surface area contributed by atoms with Crippen molar-refractivity contribution in [3.05, 3.63) is 47.8 Å². The van der Waals surface area contributed by atoms with Crippen LogP contribution in [0.1, 0.15) is 15.9 Å². The number of hydrogen-bond donors (Lipinski definition) is 0. The van der Waals surface area contributed by atoms with Gasteiger partial charge in [0.1, 0.15) is 0 Å². The molecule has 0 aliphatic rings. The fourth-order valence-corrected chi connectivity index (χ4v) is 3.11. The van der Waals surface area contributed by atoms with Crippen LogP contribution in [-0.4, -0.2) is 35.1 Å². The minimum atomic E-state index is -0.391. The van der Waals surface area contributed by atoms with E-state index in [1.54, 1.807) is 31.6 Å². The van der Waals surface area contributed by atoms with Crippen molar-refractivity contribution in [1.82, 2.24) is 15.0 Å². The maximum absolute atomic E-state index is 11.9. The Morgan fingerprint density at radius 1 is 1.17 bits per heavy atom. The third-order valence-corrected chi connectivity index (χ3v) is 4.36. The summed E-state index contributed by atoms with van der Waals surface area (Å²) in [6, 6.07) is 7.18. The van der Waals surface area contributed by atoms with E-state index in [1.165, 1.54) is 18.9 Å². The predicted molar refractivity (Wildman–Crippen MR) is 90.5 cm³/mol. The minimum Gasteiger partial charge on any atom is -0.481 e. The molecule has 7 heteroatoms. The number of aromatic nitrogens is 3. The molecule has 0 aliphatic carbocycles. The molecule has 0 saturated carbocycles. The van der Waals surface area contributed by atoms with E-state index in [2.05, 4.69) is 15.0 Å². The molecule has 0 radical (unpaired) electrons. The first kappa shape index (κ1) is 16.2. The number of nitrogens with zero attached hydrogens (tertiary/aromatic N) is 3. The molecule has 3 aromatic rings. The van der Waals surface area contributed by atoms with Crippen LogP contribution in [0.5, 0.6) is 5.88 Å². The van der Waals surface area contributed by atoms with Gasteiger partial charge in [-0.05, 0) is 36.9 Å². The summed E-state index contributed by atoms with van der Waals surface area (Å²) < 4.78 is 10.1. The standard InChI is InChI=1S/C17H15N3O3S/c1-10-9-19-17(20-15(10)22-2)24-13-7-6-12(16(21)23-3)11-5-4-8-18-14(11)13/h4-9H,1-3H3. The molecule has 0 fully saturated rings. The lowest BCUT2D eigenvalue weighted by atomic mass is 10.1. The highest BCUT2D eigenvalue weighted by Crippen LogP contribution is 2.33. The summed E-state index contributed by atoms with van der Waals surface area (Å²) in [5.41, 5.74) is 2.05. The number of fused-ring (bicyclic) bond motifs is 1. The smallest absolute Gasteiger partial charge is 0.338 e. The number of pyridine rings is 1. The number of benzene rings is 1. The van der Waals surface area contributed by atoms with Crippen LogP contribution in [0, 0.1) is 6.92 Å². The average Bonchev–Trinajstić information content (AvgIpc) is 2.63. The molecule has 3 rings (SSSR count). The number of methoxy groups -OCH3 is 2. The largest absolute Gasteiger partial charge is 0.481 e. The molecule has 0 amide bonds. The summed E-state index contributed by atoms with van der Waals surface area (Å²) in [5.74, 6) is 0.147. The number of rotatable bonds is 4. The highest BCUT2D eigenvalue weighted by Gasteiger charge is 2.15. The Kier molecular flexibility index (Phi) is 4.61. The van der Waals surface area contributed by atoms with Crippen molar-refractivity contribution in [1.29, 1.82) is 0 Å². The van der Waals surface area contributed by atoms with E-state index in [4.69, 9.17) is 9.47 Å². The molecule has 0 bridgehead atoms. The lowest BCUT2D eigenvalue weighted by Gasteiger charge is -2.09. The van der Waals surface area contributed by atoms with E-state index < -0.39 is 5.97 Å². The molecule has 2 aromatic heterocycles. The molecule has 2 heterocycles. The van der Waals surface area contributed by atoms with Crippen LogP contribution >= 0.6 is 11.8 Å². The van der Waals surface area contributed by atoms with Crippen molar-refractivity contribution in [2.24, 2.45) is 0 Å². The second-order valence-electron chi connectivity index (χ2n) is 4.95. The average molecular weight is 341 g/mol. The lowest BCUT2D eigenvalue weighted by molar-refractivity contribution is 0.0603. The van der Waals surface area contributed by atoms with Crippen LogP contribution in [0.4, 0.5) is 0 Å². The topological polar surface area (TPSA) is 74.2 Å². The van der Waals surface area contributed by atoms with Gasteiger partial charge < -0.3 is 9.47 Å². The van der Waals surface area contributed by atoms with E-state index >= 15 is 0 Å². The number of carbonyl (C=O) groups is 1. The van der Waals surface area contributed by atoms with Crippen LogP contribution in [0.2, 0.25) is 0 Å². The van der Waals surface area contributed by atoms with Gasteiger partial charge in [-0.15, -0.1) is 0 Å². The summed E-state index contributed by atoms with van der Waals surface area (Å²) >= 11 is 1.37. The van der Waals surface area contributed by atoms with Crippen LogP contribution in [0.15, 0.2) is 46.7 Å². The molecular weight excluding hydrogens is 326 g/mol. The quantitative estimate of drug-likeness (QED) is 0.532. The van der Waals surface area contributed by atoms with Gasteiger partial charge in [-0.2, -0.15) is 4.98 Å². The summed E-state index contributed by atoms with van der Waals surface area (Å²) in [7, 11) is 2.94. The molecule has 0 atom stereocenters. The third-order valence-electron chi connectivity index (χ3n) is 3.44. The first-order valence-electron chi connectivity index (χ1n) is 7.15. The van der Waals surface area contributed by atoms with E-state index in [1.807, 2.05) is 19.1 Å². The van der Waals surface area contributed by atoms with E-state index in [0.717, 1.165) is 15.8 Å². The fourth-order valence-electron chi connectivity index (χ4n) is 2.28. The molecule has 122 valence electrons. The Morgan fingerprint density at radius 3 is 2.75 bits per heavy atom. The Hall–Kier alpha value is -2.67. The number of ether oxygens (including phenoxy) is 2.